The van der Waals surface area contributed by atoms with Gasteiger partial charge in [-0.05, 0) is 47.2 Å². The molecule has 0 amide bonds. The Bertz CT molecular complexity index is 885. The maximum Gasteiger partial charge on any atom is 0.303 e. The lowest BCUT2D eigenvalue weighted by atomic mass is 10.0. The summed E-state index contributed by atoms with van der Waals surface area (Å²) in [4.78, 5) is 10.6. The molecule has 0 saturated carbocycles. The molecule has 3 aromatic rings. The third-order valence-electron chi connectivity index (χ3n) is 4.77. The molecule has 3 aromatic carbocycles. The molecule has 1 N–H and O–H groups in total. The second-order valence-electron chi connectivity index (χ2n) is 6.84. The number of hydrogen-bond acceptors (Lipinski definition) is 2. The van der Waals surface area contributed by atoms with Crippen LogP contribution in [0.4, 0.5) is 0 Å². The van der Waals surface area contributed by atoms with Crippen molar-refractivity contribution in [1.82, 2.24) is 0 Å². The summed E-state index contributed by atoms with van der Waals surface area (Å²) in [7, 11) is 0. The van der Waals surface area contributed by atoms with Gasteiger partial charge in [0, 0.05) is 12.8 Å². The van der Waals surface area contributed by atoms with E-state index in [0.717, 1.165) is 37.9 Å². The zero-order valence-electron chi connectivity index (χ0n) is 15.6. The highest BCUT2D eigenvalue weighted by atomic mass is 16.5. The maximum absolute atomic E-state index is 10.6. The fraction of sp³-hybridized carbons (Fsp3) is 0.292. The summed E-state index contributed by atoms with van der Waals surface area (Å²) in [5, 5.41) is 11.2. The van der Waals surface area contributed by atoms with E-state index >= 15 is 0 Å². The lowest BCUT2D eigenvalue weighted by Crippen LogP contribution is -2.03. The van der Waals surface area contributed by atoms with Crippen molar-refractivity contribution in [2.24, 2.45) is 0 Å². The Morgan fingerprint density at radius 3 is 2.44 bits per heavy atom. The first kappa shape index (κ1) is 19.0. The van der Waals surface area contributed by atoms with Gasteiger partial charge in [0.15, 0.2) is 0 Å². The molecule has 0 heterocycles. The predicted molar refractivity (Wildman–Crippen MR) is 109 cm³/mol. The summed E-state index contributed by atoms with van der Waals surface area (Å²) in [6, 6.07) is 23.1. The lowest BCUT2D eigenvalue weighted by molar-refractivity contribution is -0.137. The molecule has 0 radical (unpaired) electrons. The van der Waals surface area contributed by atoms with E-state index < -0.39 is 5.97 Å². The van der Waals surface area contributed by atoms with E-state index in [0.29, 0.717) is 6.61 Å². The minimum atomic E-state index is -0.715. The van der Waals surface area contributed by atoms with Crippen LogP contribution in [0, 0.1) is 0 Å². The summed E-state index contributed by atoms with van der Waals surface area (Å²) >= 11 is 0. The number of aliphatic carboxylic acids is 1. The van der Waals surface area contributed by atoms with E-state index in [4.69, 9.17) is 9.84 Å². The van der Waals surface area contributed by atoms with Crippen molar-refractivity contribution in [3.63, 3.8) is 0 Å². The molecule has 0 atom stereocenters. The Morgan fingerprint density at radius 1 is 0.815 bits per heavy atom. The van der Waals surface area contributed by atoms with Crippen LogP contribution in [0.25, 0.3) is 10.8 Å². The topological polar surface area (TPSA) is 46.5 Å². The minimum absolute atomic E-state index is 0.254. The number of ether oxygens (including phenoxy) is 1. The van der Waals surface area contributed by atoms with Gasteiger partial charge in [-0.25, -0.2) is 0 Å². The van der Waals surface area contributed by atoms with Gasteiger partial charge in [0.2, 0.25) is 0 Å². The molecule has 0 saturated heterocycles. The van der Waals surface area contributed by atoms with Crippen molar-refractivity contribution >= 4 is 16.7 Å². The van der Waals surface area contributed by atoms with Crippen LogP contribution >= 0.6 is 0 Å². The Labute approximate surface area is 160 Å². The minimum Gasteiger partial charge on any atom is -0.493 e. The fourth-order valence-corrected chi connectivity index (χ4v) is 3.29. The zero-order valence-corrected chi connectivity index (χ0v) is 15.6. The largest absolute Gasteiger partial charge is 0.493 e. The second kappa shape index (κ2) is 9.77. The summed E-state index contributed by atoms with van der Waals surface area (Å²) in [6.45, 7) is 0.647. The quantitative estimate of drug-likeness (QED) is 0.474. The van der Waals surface area contributed by atoms with E-state index in [2.05, 4.69) is 48.5 Å². The second-order valence-corrected chi connectivity index (χ2v) is 6.84. The zero-order chi connectivity index (χ0) is 18.9. The summed E-state index contributed by atoms with van der Waals surface area (Å²) in [5.41, 5.74) is 2.48. The van der Waals surface area contributed by atoms with Gasteiger partial charge < -0.3 is 9.84 Å². The number of rotatable bonds is 10. The van der Waals surface area contributed by atoms with Crippen molar-refractivity contribution in [3.05, 3.63) is 77.9 Å². The van der Waals surface area contributed by atoms with Crippen molar-refractivity contribution in [2.45, 2.75) is 38.5 Å². The number of carbonyl (C=O) groups is 1. The van der Waals surface area contributed by atoms with Crippen LogP contribution in [0.5, 0.6) is 5.75 Å². The van der Waals surface area contributed by atoms with Crippen molar-refractivity contribution in [1.29, 1.82) is 0 Å². The molecule has 3 nitrogen and oxygen atoms in total. The number of aryl methyl sites for hydroxylation is 1. The lowest BCUT2D eigenvalue weighted by Gasteiger charge is -2.12. The number of carboxylic acids is 1. The number of benzene rings is 3. The normalized spacial score (nSPS) is 10.8. The van der Waals surface area contributed by atoms with E-state index in [1.54, 1.807) is 0 Å². The molecule has 27 heavy (non-hydrogen) atoms. The SMILES string of the molecule is O=C(O)CCCCCc1ccccc1OCCc1ccc2ccccc2c1. The molecule has 140 valence electrons. The number of unbranched alkanes of at least 4 members (excludes halogenated alkanes) is 2. The van der Waals surface area contributed by atoms with Crippen LogP contribution in [0.2, 0.25) is 0 Å². The molecule has 0 aliphatic carbocycles. The smallest absolute Gasteiger partial charge is 0.303 e. The highest BCUT2D eigenvalue weighted by Crippen LogP contribution is 2.21. The molecule has 0 bridgehead atoms. The first-order chi connectivity index (χ1) is 13.2. The molecule has 0 aliphatic rings. The third-order valence-corrected chi connectivity index (χ3v) is 4.77. The number of para-hydroxylation sites is 1. The number of carboxylic acid groups (broad SMARTS) is 1. The molecule has 3 heteroatoms. The van der Waals surface area contributed by atoms with Crippen LogP contribution in [-0.4, -0.2) is 17.7 Å². The van der Waals surface area contributed by atoms with Gasteiger partial charge in [-0.3, -0.25) is 4.79 Å². The summed E-state index contributed by atoms with van der Waals surface area (Å²) in [6.07, 6.45) is 4.70. The molecule has 0 aliphatic heterocycles. The van der Waals surface area contributed by atoms with Gasteiger partial charge in [0.25, 0.3) is 0 Å². The van der Waals surface area contributed by atoms with Gasteiger partial charge >= 0.3 is 5.97 Å². The van der Waals surface area contributed by atoms with Crippen LogP contribution in [0.1, 0.15) is 36.8 Å². The van der Waals surface area contributed by atoms with Crippen LogP contribution in [0.3, 0.4) is 0 Å². The van der Waals surface area contributed by atoms with E-state index in [1.807, 2.05) is 18.2 Å². The average Bonchev–Trinajstić information content (AvgIpc) is 2.68. The van der Waals surface area contributed by atoms with Gasteiger partial charge in [-0.1, -0.05) is 67.1 Å². The van der Waals surface area contributed by atoms with E-state index in [1.165, 1.54) is 21.9 Å². The molecule has 0 fully saturated rings. The van der Waals surface area contributed by atoms with Gasteiger partial charge in [-0.15, -0.1) is 0 Å². The Balaban J connectivity index is 1.50. The highest BCUT2D eigenvalue weighted by molar-refractivity contribution is 5.82. The van der Waals surface area contributed by atoms with Gasteiger partial charge in [-0.2, -0.15) is 0 Å². The molecule has 0 aromatic heterocycles. The number of fused-ring (bicyclic) bond motifs is 1. The van der Waals surface area contributed by atoms with E-state index in [9.17, 15) is 4.79 Å². The Morgan fingerprint density at radius 2 is 1.59 bits per heavy atom. The van der Waals surface area contributed by atoms with Crippen molar-refractivity contribution < 1.29 is 14.6 Å². The predicted octanol–water partition coefficient (Wildman–Crippen LogP) is 5.65. The number of hydrogen-bond donors (Lipinski definition) is 1. The van der Waals surface area contributed by atoms with E-state index in [-0.39, 0.29) is 6.42 Å². The van der Waals surface area contributed by atoms with Crippen LogP contribution < -0.4 is 4.74 Å². The third kappa shape index (κ3) is 5.85. The van der Waals surface area contributed by atoms with Crippen molar-refractivity contribution in [3.8, 4) is 5.75 Å². The summed E-state index contributed by atoms with van der Waals surface area (Å²) in [5.74, 6) is 0.226. The molecular weight excluding hydrogens is 336 g/mol. The first-order valence-corrected chi connectivity index (χ1v) is 9.62. The Hall–Kier alpha value is -2.81. The standard InChI is InChI=1S/C24H26O3/c25-24(26)13-3-1-2-9-21-10-6-7-12-23(21)27-17-16-19-14-15-20-8-4-5-11-22(20)18-19/h4-8,10-12,14-15,18H,1-3,9,13,16-17H2,(H,25,26). The highest BCUT2D eigenvalue weighted by Gasteiger charge is 2.04. The first-order valence-electron chi connectivity index (χ1n) is 9.62. The van der Waals surface area contributed by atoms with Crippen molar-refractivity contribution in [2.75, 3.05) is 6.61 Å². The molecule has 0 spiro atoms. The molecular formula is C24H26O3. The average molecular weight is 362 g/mol. The van der Waals surface area contributed by atoms with Crippen LogP contribution in [0.15, 0.2) is 66.7 Å². The molecule has 0 unspecified atom stereocenters. The summed E-state index contributed by atoms with van der Waals surface area (Å²) < 4.78 is 6.05. The monoisotopic (exact) mass is 362 g/mol. The maximum atomic E-state index is 10.6. The molecule has 3 rings (SSSR count). The van der Waals surface area contributed by atoms with Gasteiger partial charge in [0.05, 0.1) is 6.61 Å². The van der Waals surface area contributed by atoms with Gasteiger partial charge in [0.1, 0.15) is 5.75 Å². The fourth-order valence-electron chi connectivity index (χ4n) is 3.29. The Kier molecular flexibility index (Phi) is 6.86. The van der Waals surface area contributed by atoms with Crippen LogP contribution in [-0.2, 0) is 17.6 Å².